The predicted molar refractivity (Wildman–Crippen MR) is 107 cm³/mol. The number of carbonyl (C=O) groups is 1. The molecule has 152 valence electrons. The van der Waals surface area contributed by atoms with Crippen molar-refractivity contribution in [2.24, 2.45) is 11.5 Å². The highest BCUT2D eigenvalue weighted by molar-refractivity contribution is 6.08. The molecule has 0 amide bonds. The van der Waals surface area contributed by atoms with Crippen molar-refractivity contribution in [3.8, 4) is 11.5 Å². The van der Waals surface area contributed by atoms with Gasteiger partial charge in [0.2, 0.25) is 5.85 Å². The van der Waals surface area contributed by atoms with Gasteiger partial charge in [0.25, 0.3) is 0 Å². The van der Waals surface area contributed by atoms with Crippen LogP contribution in [0.1, 0.15) is 15.9 Å². The Balaban J connectivity index is 2.60. The summed E-state index contributed by atoms with van der Waals surface area (Å²) in [6.45, 7) is 0. The molecule has 0 fully saturated rings. The molecule has 2 rings (SSSR count). The smallest absolute Gasteiger partial charge is 0.345 e. The Morgan fingerprint density at radius 1 is 0.643 bits per heavy atom. The molecule has 0 aliphatic heterocycles. The Kier molecular flexibility index (Phi) is 4.47. The molecular formula is C14H22N10O4. The second-order valence-electron chi connectivity index (χ2n) is 5.94. The third-order valence-corrected chi connectivity index (χ3v) is 4.11. The summed E-state index contributed by atoms with van der Waals surface area (Å²) in [5.41, 5.74) is 53.1. The Morgan fingerprint density at radius 3 is 1.32 bits per heavy atom. The molecule has 0 aliphatic carbocycles. The van der Waals surface area contributed by atoms with Crippen LogP contribution >= 0.6 is 0 Å². The molecule has 0 aliphatic rings. The van der Waals surface area contributed by atoms with Crippen LogP contribution < -0.4 is 57.3 Å². The average Bonchev–Trinajstić information content (AvgIpc) is 2.61. The molecule has 22 N–H and O–H groups in total. The molecule has 0 unspecified atom stereocenters. The van der Waals surface area contributed by atoms with Crippen LogP contribution in [0, 0.1) is 0 Å². The normalized spacial score (nSPS) is 11.4. The van der Waals surface area contributed by atoms with Crippen molar-refractivity contribution in [3.63, 3.8) is 0 Å². The summed E-state index contributed by atoms with van der Waals surface area (Å²) >= 11 is 0. The first-order valence-electron chi connectivity index (χ1n) is 7.45. The van der Waals surface area contributed by atoms with Crippen LogP contribution in [0.4, 0.5) is 45.5 Å². The van der Waals surface area contributed by atoms with Crippen LogP contribution in [0.25, 0.3) is 0 Å². The van der Waals surface area contributed by atoms with E-state index in [9.17, 15) is 15.0 Å². The fraction of sp³-hybridized carbons (Fsp3) is 0.0714. The van der Waals surface area contributed by atoms with Gasteiger partial charge >= 0.3 is 5.97 Å². The van der Waals surface area contributed by atoms with E-state index in [-0.39, 0.29) is 28.3 Å². The van der Waals surface area contributed by atoms with Crippen molar-refractivity contribution in [2.45, 2.75) is 5.85 Å². The number of rotatable bonds is 3. The van der Waals surface area contributed by atoms with Crippen LogP contribution in [0.5, 0.6) is 11.5 Å². The molecule has 0 saturated carbocycles. The third-order valence-electron chi connectivity index (χ3n) is 4.11. The third kappa shape index (κ3) is 2.74. The average molecular weight is 394 g/mol. The van der Waals surface area contributed by atoms with Crippen LogP contribution in [-0.4, -0.2) is 16.2 Å². The van der Waals surface area contributed by atoms with Gasteiger partial charge in [-0.2, -0.15) is 0 Å². The number of aromatic hydroxyl groups is 2. The summed E-state index contributed by atoms with van der Waals surface area (Å²) in [6.07, 6.45) is 0. The number of esters is 1. The van der Waals surface area contributed by atoms with Crippen molar-refractivity contribution in [1.82, 2.24) is 0 Å². The summed E-state index contributed by atoms with van der Waals surface area (Å²) < 4.78 is 5.04. The number of hydrogen-bond acceptors (Lipinski definition) is 14. The van der Waals surface area contributed by atoms with E-state index in [1.54, 1.807) is 0 Å². The van der Waals surface area contributed by atoms with Gasteiger partial charge < -0.3 is 60.8 Å². The van der Waals surface area contributed by atoms with E-state index in [0.717, 1.165) is 0 Å². The predicted octanol–water partition coefficient (Wildman–Crippen LogP) is -2.36. The summed E-state index contributed by atoms with van der Waals surface area (Å²) in [5, 5.41) is 19.5. The van der Waals surface area contributed by atoms with Crippen molar-refractivity contribution in [2.75, 3.05) is 45.9 Å². The highest BCUT2D eigenvalue weighted by Gasteiger charge is 2.37. The summed E-state index contributed by atoms with van der Waals surface area (Å²) in [4.78, 5) is 12.6. The lowest BCUT2D eigenvalue weighted by Gasteiger charge is -2.29. The lowest BCUT2D eigenvalue weighted by molar-refractivity contribution is -0.0144. The Bertz CT molecular complexity index is 947. The topological polar surface area (TPSA) is 327 Å². The summed E-state index contributed by atoms with van der Waals surface area (Å²) in [7, 11) is 0. The summed E-state index contributed by atoms with van der Waals surface area (Å²) in [6, 6.07) is 0. The lowest BCUT2D eigenvalue weighted by atomic mass is 10.0. The molecule has 0 radical (unpaired) electrons. The molecule has 14 nitrogen and oxygen atoms in total. The van der Waals surface area contributed by atoms with E-state index in [0.29, 0.717) is 0 Å². The number of hydrogen-bond donors (Lipinski definition) is 12. The standard InChI is InChI=1S/C14H22N10O4/c15-3-1(4(16)8(20)11(25)7(3)19)13(27)28-14(23,24)2-5(17)9(21)12(26)10(22)6(2)18/h25-26H,15-24H2. The van der Waals surface area contributed by atoms with Crippen LogP contribution in [0.3, 0.4) is 0 Å². The van der Waals surface area contributed by atoms with E-state index < -0.39 is 51.6 Å². The van der Waals surface area contributed by atoms with Gasteiger partial charge in [-0.3, -0.25) is 11.5 Å². The van der Waals surface area contributed by atoms with Gasteiger partial charge in [0.1, 0.15) is 28.3 Å². The van der Waals surface area contributed by atoms with Crippen molar-refractivity contribution >= 4 is 51.5 Å². The number of nitrogen functional groups attached to an aromatic ring is 8. The maximum absolute atomic E-state index is 12.6. The van der Waals surface area contributed by atoms with E-state index in [2.05, 4.69) is 0 Å². The minimum atomic E-state index is -2.48. The quantitative estimate of drug-likeness (QED) is 0.112. The maximum atomic E-state index is 12.6. The minimum absolute atomic E-state index is 0.368. The highest BCUT2D eigenvalue weighted by Crippen LogP contribution is 2.45. The fourth-order valence-electron chi connectivity index (χ4n) is 2.53. The molecule has 0 spiro atoms. The van der Waals surface area contributed by atoms with Gasteiger partial charge in [-0.15, -0.1) is 0 Å². The minimum Gasteiger partial charge on any atom is -0.504 e. The molecule has 0 saturated heterocycles. The molecule has 2 aromatic carbocycles. The first-order chi connectivity index (χ1) is 12.7. The number of anilines is 8. The second-order valence-corrected chi connectivity index (χ2v) is 5.94. The molecule has 2 aromatic rings. The van der Waals surface area contributed by atoms with Gasteiger partial charge in [0.05, 0.1) is 28.3 Å². The van der Waals surface area contributed by atoms with E-state index in [1.807, 2.05) is 0 Å². The zero-order valence-corrected chi connectivity index (χ0v) is 14.5. The van der Waals surface area contributed by atoms with E-state index >= 15 is 0 Å². The van der Waals surface area contributed by atoms with Gasteiger partial charge in [-0.25, -0.2) is 4.79 Å². The number of carbonyl (C=O) groups excluding carboxylic acids is 1. The molecule has 0 bridgehead atoms. The molecule has 0 heterocycles. The fourth-order valence-corrected chi connectivity index (χ4v) is 2.53. The number of nitrogens with two attached hydrogens (primary N) is 10. The summed E-state index contributed by atoms with van der Waals surface area (Å²) in [5.74, 6) is -4.94. The lowest BCUT2D eigenvalue weighted by Crippen LogP contribution is -2.51. The molecule has 14 heteroatoms. The zero-order valence-electron chi connectivity index (χ0n) is 14.5. The number of ether oxygens (including phenoxy) is 1. The van der Waals surface area contributed by atoms with Crippen molar-refractivity contribution in [3.05, 3.63) is 11.1 Å². The maximum Gasteiger partial charge on any atom is 0.345 e. The van der Waals surface area contributed by atoms with Crippen molar-refractivity contribution < 1.29 is 19.7 Å². The number of benzene rings is 2. The first kappa shape index (κ1) is 20.1. The largest absolute Gasteiger partial charge is 0.504 e. The number of phenols is 2. The Morgan fingerprint density at radius 2 is 0.964 bits per heavy atom. The molecule has 0 aromatic heterocycles. The van der Waals surface area contributed by atoms with Crippen LogP contribution in [0.15, 0.2) is 0 Å². The Labute approximate surface area is 157 Å². The van der Waals surface area contributed by atoms with Crippen LogP contribution in [-0.2, 0) is 10.6 Å². The number of phenolic OH excluding ortho intramolecular Hbond substituents is 2. The zero-order chi connectivity index (χ0) is 21.7. The monoisotopic (exact) mass is 394 g/mol. The van der Waals surface area contributed by atoms with E-state index in [1.165, 1.54) is 0 Å². The van der Waals surface area contributed by atoms with Crippen molar-refractivity contribution in [1.29, 1.82) is 0 Å². The highest BCUT2D eigenvalue weighted by atomic mass is 16.6. The molecule has 0 atom stereocenters. The first-order valence-corrected chi connectivity index (χ1v) is 7.45. The van der Waals surface area contributed by atoms with Gasteiger partial charge in [-0.05, 0) is 0 Å². The van der Waals surface area contributed by atoms with E-state index in [4.69, 9.17) is 62.1 Å². The van der Waals surface area contributed by atoms with Gasteiger partial charge in [-0.1, -0.05) is 0 Å². The molecular weight excluding hydrogens is 372 g/mol. The van der Waals surface area contributed by atoms with Gasteiger partial charge in [0, 0.05) is 0 Å². The second kappa shape index (κ2) is 6.22. The molecule has 28 heavy (non-hydrogen) atoms. The van der Waals surface area contributed by atoms with Crippen LogP contribution in [0.2, 0.25) is 0 Å². The Hall–Kier alpha value is -4.17. The SMILES string of the molecule is Nc1c(N)c(C(=O)OC(N)(N)c2c(N)c(N)c(O)c(N)c2N)c(N)c(N)c1O. The van der Waals surface area contributed by atoms with Gasteiger partial charge in [0.15, 0.2) is 11.5 Å².